The lowest BCUT2D eigenvalue weighted by Gasteiger charge is -2.06. The SMILES string of the molecule is Cc1ccc(NCc2ccc(CC(=O)O)s2)c(F)c1. The summed E-state index contributed by atoms with van der Waals surface area (Å²) in [5.41, 5.74) is 1.33. The number of carbonyl (C=O) groups is 1. The van der Waals surface area contributed by atoms with Crippen LogP contribution in [0.15, 0.2) is 30.3 Å². The summed E-state index contributed by atoms with van der Waals surface area (Å²) in [5, 5.41) is 11.7. The first-order valence-electron chi connectivity index (χ1n) is 5.84. The Hall–Kier alpha value is -1.88. The van der Waals surface area contributed by atoms with Crippen molar-refractivity contribution in [3.63, 3.8) is 0 Å². The second kappa shape index (κ2) is 5.84. The summed E-state index contributed by atoms with van der Waals surface area (Å²) in [6.07, 6.45) is 0.0313. The Morgan fingerprint density at radius 2 is 2.05 bits per heavy atom. The number of aryl methyl sites for hydroxylation is 1. The molecule has 0 spiro atoms. The van der Waals surface area contributed by atoms with E-state index >= 15 is 0 Å². The number of anilines is 1. The highest BCUT2D eigenvalue weighted by Crippen LogP contribution is 2.20. The van der Waals surface area contributed by atoms with Gasteiger partial charge in [-0.2, -0.15) is 0 Å². The van der Waals surface area contributed by atoms with Gasteiger partial charge in [-0.1, -0.05) is 6.07 Å². The van der Waals surface area contributed by atoms with E-state index in [1.165, 1.54) is 17.4 Å². The molecule has 0 aliphatic rings. The van der Waals surface area contributed by atoms with Crippen molar-refractivity contribution < 1.29 is 14.3 Å². The van der Waals surface area contributed by atoms with E-state index in [9.17, 15) is 9.18 Å². The fourth-order valence-corrected chi connectivity index (χ4v) is 2.66. The van der Waals surface area contributed by atoms with Crippen molar-refractivity contribution in [1.82, 2.24) is 0 Å². The van der Waals surface area contributed by atoms with Gasteiger partial charge in [-0.15, -0.1) is 11.3 Å². The van der Waals surface area contributed by atoms with Crippen LogP contribution in [0.5, 0.6) is 0 Å². The van der Waals surface area contributed by atoms with Gasteiger partial charge in [0.1, 0.15) is 5.82 Å². The van der Waals surface area contributed by atoms with Crippen molar-refractivity contribution in [2.75, 3.05) is 5.32 Å². The monoisotopic (exact) mass is 279 g/mol. The molecule has 0 unspecified atom stereocenters. The molecule has 0 aliphatic heterocycles. The highest BCUT2D eigenvalue weighted by atomic mass is 32.1. The largest absolute Gasteiger partial charge is 0.481 e. The predicted molar refractivity (Wildman–Crippen MR) is 74.1 cm³/mol. The fourth-order valence-electron chi connectivity index (χ4n) is 1.71. The first-order valence-corrected chi connectivity index (χ1v) is 6.65. The number of rotatable bonds is 5. The zero-order chi connectivity index (χ0) is 13.8. The van der Waals surface area contributed by atoms with Gasteiger partial charge in [-0.05, 0) is 36.8 Å². The molecule has 2 N–H and O–H groups in total. The smallest absolute Gasteiger partial charge is 0.308 e. The molecule has 1 heterocycles. The zero-order valence-electron chi connectivity index (χ0n) is 10.4. The topological polar surface area (TPSA) is 49.3 Å². The summed E-state index contributed by atoms with van der Waals surface area (Å²) in [7, 11) is 0. The Morgan fingerprint density at radius 3 is 2.74 bits per heavy atom. The molecule has 1 aromatic heterocycles. The highest BCUT2D eigenvalue weighted by Gasteiger charge is 2.06. The molecule has 0 bridgehead atoms. The van der Waals surface area contributed by atoms with Crippen molar-refractivity contribution in [1.29, 1.82) is 0 Å². The van der Waals surface area contributed by atoms with Crippen LogP contribution in [0.25, 0.3) is 0 Å². The predicted octanol–water partition coefficient (Wildman–Crippen LogP) is 3.43. The van der Waals surface area contributed by atoms with E-state index in [0.29, 0.717) is 12.2 Å². The molecule has 2 rings (SSSR count). The van der Waals surface area contributed by atoms with E-state index in [1.54, 1.807) is 12.1 Å². The maximum Gasteiger partial charge on any atom is 0.308 e. The Bertz CT molecular complexity index is 595. The standard InChI is InChI=1S/C14H14FNO2S/c1-9-2-5-13(12(15)6-9)16-8-11-4-3-10(19-11)7-14(17)18/h2-6,16H,7-8H2,1H3,(H,17,18). The van der Waals surface area contributed by atoms with Gasteiger partial charge in [0.15, 0.2) is 0 Å². The van der Waals surface area contributed by atoms with E-state index in [2.05, 4.69) is 5.32 Å². The highest BCUT2D eigenvalue weighted by molar-refractivity contribution is 7.12. The summed E-state index contributed by atoms with van der Waals surface area (Å²) in [4.78, 5) is 12.4. The number of hydrogen-bond donors (Lipinski definition) is 2. The molecule has 19 heavy (non-hydrogen) atoms. The van der Waals surface area contributed by atoms with Crippen LogP contribution in [-0.2, 0) is 17.8 Å². The average molecular weight is 279 g/mol. The van der Waals surface area contributed by atoms with Gasteiger partial charge >= 0.3 is 5.97 Å². The molecule has 0 atom stereocenters. The number of carboxylic acids is 1. The summed E-state index contributed by atoms with van der Waals surface area (Å²) in [5.74, 6) is -1.12. The van der Waals surface area contributed by atoms with Gasteiger partial charge in [-0.25, -0.2) is 4.39 Å². The number of carboxylic acid groups (broad SMARTS) is 1. The summed E-state index contributed by atoms with van der Waals surface area (Å²) >= 11 is 1.42. The van der Waals surface area contributed by atoms with Crippen molar-refractivity contribution in [2.24, 2.45) is 0 Å². The first kappa shape index (κ1) is 13.5. The molecule has 0 fully saturated rings. The second-order valence-corrected chi connectivity index (χ2v) is 5.53. The summed E-state index contributed by atoms with van der Waals surface area (Å²) in [6, 6.07) is 8.68. The molecule has 0 aliphatic carbocycles. The van der Waals surface area contributed by atoms with Crippen LogP contribution in [0.4, 0.5) is 10.1 Å². The second-order valence-electron chi connectivity index (χ2n) is 4.28. The third-order valence-electron chi connectivity index (χ3n) is 2.62. The van der Waals surface area contributed by atoms with Crippen molar-refractivity contribution in [3.8, 4) is 0 Å². The van der Waals surface area contributed by atoms with Gasteiger partial charge in [0.2, 0.25) is 0 Å². The number of aliphatic carboxylic acids is 1. The molecule has 5 heteroatoms. The van der Waals surface area contributed by atoms with Crippen LogP contribution < -0.4 is 5.32 Å². The van der Waals surface area contributed by atoms with Gasteiger partial charge in [0.25, 0.3) is 0 Å². The first-order chi connectivity index (χ1) is 9.04. The fraction of sp³-hybridized carbons (Fsp3) is 0.214. The van der Waals surface area contributed by atoms with Crippen molar-refractivity contribution in [3.05, 3.63) is 51.5 Å². The molecular weight excluding hydrogens is 265 g/mol. The summed E-state index contributed by atoms with van der Waals surface area (Å²) in [6.45, 7) is 2.33. The van der Waals surface area contributed by atoms with Crippen LogP contribution >= 0.6 is 11.3 Å². The number of thiophene rings is 1. The molecular formula is C14H14FNO2S. The Kier molecular flexibility index (Phi) is 4.16. The quantitative estimate of drug-likeness (QED) is 0.881. The number of benzene rings is 1. The minimum atomic E-state index is -0.842. The molecule has 2 aromatic rings. The van der Waals surface area contributed by atoms with E-state index < -0.39 is 5.97 Å². The van der Waals surface area contributed by atoms with E-state index in [4.69, 9.17) is 5.11 Å². The molecule has 100 valence electrons. The molecule has 0 amide bonds. The zero-order valence-corrected chi connectivity index (χ0v) is 11.3. The van der Waals surface area contributed by atoms with E-state index in [1.807, 2.05) is 19.1 Å². The number of halogens is 1. The van der Waals surface area contributed by atoms with Gasteiger partial charge in [0, 0.05) is 16.3 Å². The van der Waals surface area contributed by atoms with Crippen molar-refractivity contribution in [2.45, 2.75) is 19.9 Å². The van der Waals surface area contributed by atoms with Gasteiger partial charge in [0.05, 0.1) is 12.1 Å². The minimum absolute atomic E-state index is 0.0313. The van der Waals surface area contributed by atoms with Gasteiger partial charge in [-0.3, -0.25) is 4.79 Å². The third kappa shape index (κ3) is 3.79. The Morgan fingerprint density at radius 1 is 1.32 bits per heavy atom. The summed E-state index contributed by atoms with van der Waals surface area (Å²) < 4.78 is 13.6. The van der Waals surface area contributed by atoms with Crippen LogP contribution in [0.1, 0.15) is 15.3 Å². The lowest BCUT2D eigenvalue weighted by atomic mass is 10.2. The molecule has 0 radical (unpaired) electrons. The number of nitrogens with one attached hydrogen (secondary N) is 1. The van der Waals surface area contributed by atoms with E-state index in [0.717, 1.165) is 15.3 Å². The molecule has 1 aromatic carbocycles. The average Bonchev–Trinajstić information content (AvgIpc) is 2.74. The van der Waals surface area contributed by atoms with Gasteiger partial charge < -0.3 is 10.4 Å². The van der Waals surface area contributed by atoms with E-state index in [-0.39, 0.29) is 12.2 Å². The normalized spacial score (nSPS) is 10.4. The van der Waals surface area contributed by atoms with Crippen LogP contribution in [-0.4, -0.2) is 11.1 Å². The minimum Gasteiger partial charge on any atom is -0.481 e. The van der Waals surface area contributed by atoms with Crippen LogP contribution in [0.3, 0.4) is 0 Å². The maximum absolute atomic E-state index is 13.6. The molecule has 0 saturated heterocycles. The van der Waals surface area contributed by atoms with Crippen LogP contribution in [0, 0.1) is 12.7 Å². The Labute approximate surface area is 114 Å². The third-order valence-corrected chi connectivity index (χ3v) is 3.71. The lowest BCUT2D eigenvalue weighted by molar-refractivity contribution is -0.136. The number of hydrogen-bond acceptors (Lipinski definition) is 3. The molecule has 0 saturated carbocycles. The molecule has 3 nitrogen and oxygen atoms in total. The lowest BCUT2D eigenvalue weighted by Crippen LogP contribution is -2.00. The van der Waals surface area contributed by atoms with Crippen molar-refractivity contribution >= 4 is 23.0 Å². The maximum atomic E-state index is 13.6. The van der Waals surface area contributed by atoms with Crippen LogP contribution in [0.2, 0.25) is 0 Å². The Balaban J connectivity index is 1.98.